The molecule has 0 amide bonds. The van der Waals surface area contributed by atoms with Crippen LogP contribution in [0.4, 0.5) is 5.69 Å². The number of hydrogen-bond donors (Lipinski definition) is 2. The minimum absolute atomic E-state index is 0.0289. The molecule has 1 fully saturated rings. The van der Waals surface area contributed by atoms with Crippen LogP contribution in [0.25, 0.3) is 0 Å². The normalized spacial score (nSPS) is 23.6. The van der Waals surface area contributed by atoms with Crippen LogP contribution in [0.3, 0.4) is 0 Å². The molecule has 0 saturated carbocycles. The van der Waals surface area contributed by atoms with Crippen LogP contribution in [0.1, 0.15) is 18.9 Å². The van der Waals surface area contributed by atoms with E-state index < -0.39 is 16.1 Å². The number of nitriles is 1. The van der Waals surface area contributed by atoms with E-state index in [-0.39, 0.29) is 23.0 Å². The Morgan fingerprint density at radius 1 is 1.55 bits per heavy atom. The number of sulfonamides is 1. The molecule has 1 heterocycles. The van der Waals surface area contributed by atoms with Gasteiger partial charge in [-0.1, -0.05) is 6.92 Å². The van der Waals surface area contributed by atoms with Crippen molar-refractivity contribution in [3.63, 3.8) is 0 Å². The van der Waals surface area contributed by atoms with Gasteiger partial charge in [-0.25, -0.2) is 8.42 Å². The summed E-state index contributed by atoms with van der Waals surface area (Å²) in [6.07, 6.45) is 0.696. The summed E-state index contributed by atoms with van der Waals surface area (Å²) in [5.41, 5.74) is 5.95. The predicted octanol–water partition coefficient (Wildman–Crippen LogP) is 0.532. The molecule has 2 rings (SSSR count). The highest BCUT2D eigenvalue weighted by Crippen LogP contribution is 2.31. The second kappa shape index (κ2) is 5.40. The molecule has 0 spiro atoms. The lowest BCUT2D eigenvalue weighted by atomic mass is 10.0. The lowest BCUT2D eigenvalue weighted by Crippen LogP contribution is -2.40. The third-order valence-corrected chi connectivity index (χ3v) is 5.71. The summed E-state index contributed by atoms with van der Waals surface area (Å²) in [4.78, 5) is -0.0539. The monoisotopic (exact) mass is 295 g/mol. The molecule has 2 unspecified atom stereocenters. The first-order chi connectivity index (χ1) is 9.41. The van der Waals surface area contributed by atoms with Gasteiger partial charge in [0.25, 0.3) is 0 Å². The smallest absolute Gasteiger partial charge is 0.244 e. The number of hydrogen-bond acceptors (Lipinski definition) is 5. The van der Waals surface area contributed by atoms with Gasteiger partial charge in [0, 0.05) is 12.2 Å². The van der Waals surface area contributed by atoms with Gasteiger partial charge in [0.05, 0.1) is 18.2 Å². The van der Waals surface area contributed by atoms with E-state index in [0.29, 0.717) is 18.7 Å². The third kappa shape index (κ3) is 2.38. The summed E-state index contributed by atoms with van der Waals surface area (Å²) < 4.78 is 26.6. The van der Waals surface area contributed by atoms with E-state index in [1.165, 1.54) is 22.5 Å². The molecular weight excluding hydrogens is 278 g/mol. The molecule has 7 heteroatoms. The molecule has 0 radical (unpaired) electrons. The zero-order valence-corrected chi connectivity index (χ0v) is 12.0. The standard InChI is InChI=1S/C13H17N3O3S/c1-9-4-5-16(12(9)8-17)20(18,19)13-3-2-11(15)6-10(13)7-14/h2-3,6,9,12,17H,4-5,8,15H2,1H3. The second-order valence-corrected chi connectivity index (χ2v) is 6.86. The average molecular weight is 295 g/mol. The fourth-order valence-electron chi connectivity index (χ4n) is 2.53. The summed E-state index contributed by atoms with van der Waals surface area (Å²) in [5.74, 6) is 0.0918. The van der Waals surface area contributed by atoms with Gasteiger partial charge < -0.3 is 10.8 Å². The zero-order valence-electron chi connectivity index (χ0n) is 11.2. The summed E-state index contributed by atoms with van der Waals surface area (Å²) in [5, 5.41) is 18.5. The van der Waals surface area contributed by atoms with Gasteiger partial charge in [-0.15, -0.1) is 0 Å². The highest BCUT2D eigenvalue weighted by atomic mass is 32.2. The maximum atomic E-state index is 12.7. The van der Waals surface area contributed by atoms with Crippen molar-refractivity contribution in [2.45, 2.75) is 24.3 Å². The fourth-order valence-corrected chi connectivity index (χ4v) is 4.38. The van der Waals surface area contributed by atoms with Crippen LogP contribution in [0, 0.1) is 17.2 Å². The van der Waals surface area contributed by atoms with Crippen LogP contribution in [0.2, 0.25) is 0 Å². The number of aliphatic hydroxyl groups excluding tert-OH is 1. The largest absolute Gasteiger partial charge is 0.399 e. The third-order valence-electron chi connectivity index (χ3n) is 3.73. The quantitative estimate of drug-likeness (QED) is 0.791. The summed E-state index contributed by atoms with van der Waals surface area (Å²) in [6, 6.07) is 5.58. The highest BCUT2D eigenvalue weighted by molar-refractivity contribution is 7.89. The molecule has 0 bridgehead atoms. The summed E-state index contributed by atoms with van der Waals surface area (Å²) in [6.45, 7) is 2.03. The van der Waals surface area contributed by atoms with Crippen molar-refractivity contribution in [2.75, 3.05) is 18.9 Å². The maximum Gasteiger partial charge on any atom is 0.244 e. The summed E-state index contributed by atoms with van der Waals surface area (Å²) in [7, 11) is -3.80. The first kappa shape index (κ1) is 14.8. The SMILES string of the molecule is CC1CCN(S(=O)(=O)c2ccc(N)cc2C#N)C1CO. The molecule has 1 aromatic carbocycles. The highest BCUT2D eigenvalue weighted by Gasteiger charge is 2.40. The molecular formula is C13H17N3O3S. The fraction of sp³-hybridized carbons (Fsp3) is 0.462. The molecule has 6 nitrogen and oxygen atoms in total. The van der Waals surface area contributed by atoms with E-state index in [9.17, 15) is 13.5 Å². The maximum absolute atomic E-state index is 12.7. The minimum atomic E-state index is -3.80. The summed E-state index contributed by atoms with van der Waals surface area (Å²) >= 11 is 0. The van der Waals surface area contributed by atoms with E-state index in [1.54, 1.807) is 0 Å². The number of nitrogens with two attached hydrogens (primary N) is 1. The van der Waals surface area contributed by atoms with E-state index in [2.05, 4.69) is 0 Å². The molecule has 20 heavy (non-hydrogen) atoms. The Morgan fingerprint density at radius 3 is 2.85 bits per heavy atom. The van der Waals surface area contributed by atoms with Crippen molar-refractivity contribution in [2.24, 2.45) is 5.92 Å². The van der Waals surface area contributed by atoms with Gasteiger partial charge in [-0.05, 0) is 30.5 Å². The molecule has 108 valence electrons. The van der Waals surface area contributed by atoms with Crippen LogP contribution < -0.4 is 5.73 Å². The van der Waals surface area contributed by atoms with Crippen molar-refractivity contribution in [3.8, 4) is 6.07 Å². The second-order valence-electron chi connectivity index (χ2n) is 5.00. The zero-order chi connectivity index (χ0) is 14.9. The average Bonchev–Trinajstić information content (AvgIpc) is 2.79. The molecule has 2 atom stereocenters. The van der Waals surface area contributed by atoms with Crippen LogP contribution in [-0.2, 0) is 10.0 Å². The lowest BCUT2D eigenvalue weighted by Gasteiger charge is -2.25. The first-order valence-corrected chi connectivity index (χ1v) is 7.78. The van der Waals surface area contributed by atoms with Gasteiger partial charge in [0.2, 0.25) is 10.0 Å². The molecule has 1 aromatic rings. The van der Waals surface area contributed by atoms with Gasteiger partial charge >= 0.3 is 0 Å². The predicted molar refractivity (Wildman–Crippen MR) is 74.1 cm³/mol. The molecule has 0 aliphatic carbocycles. The van der Waals surface area contributed by atoms with Crippen LogP contribution in [0.15, 0.2) is 23.1 Å². The van der Waals surface area contributed by atoms with E-state index >= 15 is 0 Å². The van der Waals surface area contributed by atoms with Crippen LogP contribution in [-0.4, -0.2) is 37.0 Å². The van der Waals surface area contributed by atoms with Crippen molar-refractivity contribution in [3.05, 3.63) is 23.8 Å². The first-order valence-electron chi connectivity index (χ1n) is 6.34. The Hall–Kier alpha value is -1.62. The number of rotatable bonds is 3. The van der Waals surface area contributed by atoms with Crippen molar-refractivity contribution in [1.82, 2.24) is 4.31 Å². The number of anilines is 1. The minimum Gasteiger partial charge on any atom is -0.399 e. The van der Waals surface area contributed by atoms with Gasteiger partial charge in [-0.3, -0.25) is 0 Å². The Bertz CT molecular complexity index is 651. The Kier molecular flexibility index (Phi) is 3.99. The van der Waals surface area contributed by atoms with Crippen LogP contribution >= 0.6 is 0 Å². The molecule has 3 N–H and O–H groups in total. The van der Waals surface area contributed by atoms with Gasteiger partial charge in [0.1, 0.15) is 11.0 Å². The van der Waals surface area contributed by atoms with E-state index in [4.69, 9.17) is 11.0 Å². The van der Waals surface area contributed by atoms with E-state index in [0.717, 1.165) is 0 Å². The lowest BCUT2D eigenvalue weighted by molar-refractivity contribution is 0.191. The van der Waals surface area contributed by atoms with Crippen LogP contribution in [0.5, 0.6) is 0 Å². The topological polar surface area (TPSA) is 107 Å². The Balaban J connectivity index is 2.49. The number of benzene rings is 1. The van der Waals surface area contributed by atoms with E-state index in [1.807, 2.05) is 13.0 Å². The number of aliphatic hydroxyl groups is 1. The molecule has 1 aliphatic rings. The van der Waals surface area contributed by atoms with Crippen molar-refractivity contribution in [1.29, 1.82) is 5.26 Å². The molecule has 1 saturated heterocycles. The van der Waals surface area contributed by atoms with Crippen molar-refractivity contribution >= 4 is 15.7 Å². The van der Waals surface area contributed by atoms with Crippen molar-refractivity contribution < 1.29 is 13.5 Å². The van der Waals surface area contributed by atoms with Gasteiger partial charge in [-0.2, -0.15) is 9.57 Å². The van der Waals surface area contributed by atoms with Gasteiger partial charge in [0.15, 0.2) is 0 Å². The number of nitrogens with zero attached hydrogens (tertiary/aromatic N) is 2. The number of nitrogen functional groups attached to an aromatic ring is 1. The molecule has 1 aliphatic heterocycles. The molecule has 0 aromatic heterocycles. The Morgan fingerprint density at radius 2 is 2.25 bits per heavy atom. The Labute approximate surface area is 118 Å².